The van der Waals surface area contributed by atoms with Gasteiger partial charge in [0.2, 0.25) is 0 Å². The third kappa shape index (κ3) is 4.39. The van der Waals surface area contributed by atoms with Crippen molar-refractivity contribution in [1.29, 1.82) is 0 Å². The first-order chi connectivity index (χ1) is 15.6. The largest absolute Gasteiger partial charge is 0.493 e. The van der Waals surface area contributed by atoms with E-state index in [1.54, 1.807) is 28.4 Å². The molecule has 0 aromatic heterocycles. The number of fused-ring (bicyclic) bond motifs is 2. The van der Waals surface area contributed by atoms with Crippen LogP contribution in [0.15, 0.2) is 35.3 Å². The van der Waals surface area contributed by atoms with E-state index in [1.165, 1.54) is 11.1 Å². The molecule has 2 aliphatic heterocycles. The Labute approximate surface area is 196 Å². The zero-order chi connectivity index (χ0) is 24.0. The molecule has 6 nitrogen and oxygen atoms in total. The van der Waals surface area contributed by atoms with Crippen LogP contribution in [0.2, 0.25) is 0 Å². The molecule has 176 valence electrons. The topological polar surface area (TPSA) is 61.3 Å². The van der Waals surface area contributed by atoms with Crippen molar-refractivity contribution in [2.24, 2.45) is 4.99 Å². The van der Waals surface area contributed by atoms with Gasteiger partial charge in [-0.05, 0) is 82.0 Å². The van der Waals surface area contributed by atoms with Crippen molar-refractivity contribution in [2.75, 3.05) is 28.4 Å². The summed E-state index contributed by atoms with van der Waals surface area (Å²) in [6.07, 6.45) is 3.85. The van der Waals surface area contributed by atoms with E-state index in [0.29, 0.717) is 11.5 Å². The molecule has 33 heavy (non-hydrogen) atoms. The molecule has 0 amide bonds. The number of aliphatic imine (C=N–C) groups is 1. The number of methoxy groups -OCH3 is 4. The van der Waals surface area contributed by atoms with Gasteiger partial charge in [0, 0.05) is 22.4 Å². The van der Waals surface area contributed by atoms with E-state index in [-0.39, 0.29) is 11.1 Å². The molecule has 0 unspecified atom stereocenters. The number of nitrogens with zero attached hydrogens (tertiary/aromatic N) is 1. The van der Waals surface area contributed by atoms with Crippen LogP contribution in [0.3, 0.4) is 0 Å². The number of ether oxygens (including phenoxy) is 4. The van der Waals surface area contributed by atoms with Gasteiger partial charge < -0.3 is 24.3 Å². The van der Waals surface area contributed by atoms with Crippen molar-refractivity contribution in [2.45, 2.75) is 51.6 Å². The molecule has 0 bridgehead atoms. The van der Waals surface area contributed by atoms with Crippen LogP contribution in [0.25, 0.3) is 5.70 Å². The Morgan fingerprint density at radius 1 is 0.727 bits per heavy atom. The molecule has 0 radical (unpaired) electrons. The van der Waals surface area contributed by atoms with E-state index < -0.39 is 0 Å². The summed E-state index contributed by atoms with van der Waals surface area (Å²) in [6.45, 7) is 8.72. The van der Waals surface area contributed by atoms with Gasteiger partial charge in [-0.25, -0.2) is 0 Å². The molecule has 4 rings (SSSR count). The molecule has 0 atom stereocenters. The van der Waals surface area contributed by atoms with Gasteiger partial charge in [0.05, 0.1) is 39.7 Å². The van der Waals surface area contributed by atoms with Gasteiger partial charge in [-0.2, -0.15) is 0 Å². The second-order valence-corrected chi connectivity index (χ2v) is 9.96. The normalized spacial score (nSPS) is 19.0. The minimum absolute atomic E-state index is 0.121. The molecule has 2 heterocycles. The summed E-state index contributed by atoms with van der Waals surface area (Å²) in [6, 6.07) is 8.23. The predicted molar refractivity (Wildman–Crippen MR) is 132 cm³/mol. The zero-order valence-corrected chi connectivity index (χ0v) is 20.9. The maximum Gasteiger partial charge on any atom is 0.161 e. The van der Waals surface area contributed by atoms with E-state index in [9.17, 15) is 0 Å². The fourth-order valence-electron chi connectivity index (χ4n) is 4.83. The summed E-state index contributed by atoms with van der Waals surface area (Å²) >= 11 is 0. The first-order valence-electron chi connectivity index (χ1n) is 11.2. The van der Waals surface area contributed by atoms with E-state index in [2.05, 4.69) is 51.2 Å². The van der Waals surface area contributed by atoms with Crippen LogP contribution in [0.4, 0.5) is 0 Å². The van der Waals surface area contributed by atoms with Crippen LogP contribution in [-0.4, -0.2) is 45.2 Å². The molecule has 0 spiro atoms. The molecule has 0 saturated heterocycles. The lowest BCUT2D eigenvalue weighted by Gasteiger charge is -2.36. The van der Waals surface area contributed by atoms with Gasteiger partial charge in [-0.15, -0.1) is 0 Å². The first kappa shape index (κ1) is 23.0. The Hall–Kier alpha value is -3.15. The SMILES string of the molecule is COc1cc2c(cc1OC)C(/C=C1\NC(C)(C)Cc3cc(OC)c(OC)cc31)=NC(C)(C)C2. The van der Waals surface area contributed by atoms with Crippen LogP contribution in [0.1, 0.15) is 49.9 Å². The molecule has 2 aromatic rings. The average molecular weight is 451 g/mol. The highest BCUT2D eigenvalue weighted by atomic mass is 16.5. The Bertz CT molecular complexity index is 1150. The van der Waals surface area contributed by atoms with Crippen molar-refractivity contribution in [3.63, 3.8) is 0 Å². The maximum absolute atomic E-state index is 5.60. The lowest BCUT2D eigenvalue weighted by Crippen LogP contribution is -2.44. The van der Waals surface area contributed by atoms with Crippen LogP contribution >= 0.6 is 0 Å². The number of hydrogen-bond donors (Lipinski definition) is 1. The molecule has 1 N–H and O–H groups in total. The summed E-state index contributed by atoms with van der Waals surface area (Å²) in [5, 5.41) is 3.72. The second-order valence-electron chi connectivity index (χ2n) is 9.96. The summed E-state index contributed by atoms with van der Waals surface area (Å²) in [5.41, 5.74) is 6.15. The summed E-state index contributed by atoms with van der Waals surface area (Å²) in [7, 11) is 6.66. The monoisotopic (exact) mass is 450 g/mol. The highest BCUT2D eigenvalue weighted by molar-refractivity contribution is 6.14. The highest BCUT2D eigenvalue weighted by Gasteiger charge is 2.32. The summed E-state index contributed by atoms with van der Waals surface area (Å²) < 4.78 is 22.3. The quantitative estimate of drug-likeness (QED) is 0.708. The number of allylic oxidation sites excluding steroid dienone is 1. The van der Waals surface area contributed by atoms with Crippen molar-refractivity contribution in [3.05, 3.63) is 52.6 Å². The number of benzene rings is 2. The van der Waals surface area contributed by atoms with Gasteiger partial charge in [0.15, 0.2) is 23.0 Å². The van der Waals surface area contributed by atoms with Gasteiger partial charge >= 0.3 is 0 Å². The molecular weight excluding hydrogens is 416 g/mol. The zero-order valence-electron chi connectivity index (χ0n) is 20.9. The van der Waals surface area contributed by atoms with Crippen LogP contribution < -0.4 is 24.3 Å². The van der Waals surface area contributed by atoms with Crippen LogP contribution in [-0.2, 0) is 12.8 Å². The van der Waals surface area contributed by atoms with E-state index in [0.717, 1.165) is 46.9 Å². The lowest BCUT2D eigenvalue weighted by molar-refractivity contribution is 0.352. The van der Waals surface area contributed by atoms with E-state index in [4.69, 9.17) is 23.9 Å². The molecule has 6 heteroatoms. The van der Waals surface area contributed by atoms with Crippen molar-refractivity contribution < 1.29 is 18.9 Å². The minimum atomic E-state index is -0.233. The number of nitrogens with one attached hydrogen (secondary N) is 1. The number of hydrogen-bond acceptors (Lipinski definition) is 6. The number of rotatable bonds is 5. The van der Waals surface area contributed by atoms with E-state index in [1.807, 2.05) is 12.1 Å². The van der Waals surface area contributed by atoms with Gasteiger partial charge in [0.25, 0.3) is 0 Å². The lowest BCUT2D eigenvalue weighted by atomic mass is 9.83. The Morgan fingerprint density at radius 2 is 1.21 bits per heavy atom. The maximum atomic E-state index is 5.60. The third-order valence-corrected chi connectivity index (χ3v) is 6.22. The molecule has 0 aliphatic carbocycles. The molecule has 2 aliphatic rings. The van der Waals surface area contributed by atoms with Crippen LogP contribution in [0, 0.1) is 0 Å². The predicted octanol–water partition coefficient (Wildman–Crippen LogP) is 4.81. The second kappa shape index (κ2) is 8.32. The fourth-order valence-corrected chi connectivity index (χ4v) is 4.83. The average Bonchev–Trinajstić information content (AvgIpc) is 2.75. The van der Waals surface area contributed by atoms with E-state index >= 15 is 0 Å². The van der Waals surface area contributed by atoms with Gasteiger partial charge in [-0.1, -0.05) is 0 Å². The van der Waals surface area contributed by atoms with Gasteiger partial charge in [0.1, 0.15) is 0 Å². The molecule has 0 saturated carbocycles. The standard InChI is InChI=1S/C27H34N2O4/c1-26(2)14-16-9-22(30-5)24(32-7)11-18(16)20(28-26)13-21-19-12-25(33-8)23(31-6)10-17(19)15-27(3,4)29-21/h9-13,28H,14-15H2,1-8H3/b20-13-. The smallest absolute Gasteiger partial charge is 0.161 e. The fraction of sp³-hybridized carbons (Fsp3) is 0.444. The van der Waals surface area contributed by atoms with Crippen molar-refractivity contribution >= 4 is 11.4 Å². The van der Waals surface area contributed by atoms with Crippen molar-refractivity contribution in [3.8, 4) is 23.0 Å². The molecule has 2 aromatic carbocycles. The molecular formula is C27H34N2O4. The van der Waals surface area contributed by atoms with Gasteiger partial charge in [-0.3, -0.25) is 4.99 Å². The van der Waals surface area contributed by atoms with Crippen LogP contribution in [0.5, 0.6) is 23.0 Å². The molecule has 0 fully saturated rings. The first-order valence-corrected chi connectivity index (χ1v) is 11.2. The Kier molecular flexibility index (Phi) is 5.81. The van der Waals surface area contributed by atoms with Crippen molar-refractivity contribution in [1.82, 2.24) is 5.32 Å². The third-order valence-electron chi connectivity index (χ3n) is 6.22. The summed E-state index contributed by atoms with van der Waals surface area (Å²) in [4.78, 5) is 5.13. The minimum Gasteiger partial charge on any atom is -0.493 e. The summed E-state index contributed by atoms with van der Waals surface area (Å²) in [5.74, 6) is 2.89. The highest BCUT2D eigenvalue weighted by Crippen LogP contribution is 2.40. The Balaban J connectivity index is 1.91. The Morgan fingerprint density at radius 3 is 1.76 bits per heavy atom.